The molecule has 0 atom stereocenters. The van der Waals surface area contributed by atoms with Crippen LogP contribution in [0.25, 0.3) is 11.1 Å². The van der Waals surface area contributed by atoms with Gasteiger partial charge in [0.15, 0.2) is 0 Å². The zero-order valence-corrected chi connectivity index (χ0v) is 13.1. The third kappa shape index (κ3) is 3.48. The molecule has 0 bridgehead atoms. The van der Waals surface area contributed by atoms with E-state index < -0.39 is 0 Å². The largest absolute Gasteiger partial charge is 0.310 e. The van der Waals surface area contributed by atoms with Crippen LogP contribution in [-0.2, 0) is 6.54 Å². The van der Waals surface area contributed by atoms with Crippen LogP contribution in [0.2, 0.25) is 0 Å². The minimum absolute atomic E-state index is 0.397. The van der Waals surface area contributed by atoms with Gasteiger partial charge in [-0.05, 0) is 38.0 Å². The Kier molecular flexibility index (Phi) is 4.61. The van der Waals surface area contributed by atoms with E-state index in [1.165, 1.54) is 16.7 Å². The summed E-state index contributed by atoms with van der Waals surface area (Å²) in [6.45, 7) is 11.6. The van der Waals surface area contributed by atoms with E-state index in [0.717, 1.165) is 12.2 Å². The maximum absolute atomic E-state index is 4.59. The highest BCUT2D eigenvalue weighted by Gasteiger charge is 2.09. The molecule has 2 aromatic rings. The lowest BCUT2D eigenvalue weighted by Crippen LogP contribution is -2.21. The molecule has 0 fully saturated rings. The smallest absolute Gasteiger partial charge is 0.0672 e. The van der Waals surface area contributed by atoms with Crippen molar-refractivity contribution >= 4 is 0 Å². The van der Waals surface area contributed by atoms with Crippen molar-refractivity contribution < 1.29 is 0 Å². The van der Waals surface area contributed by atoms with Gasteiger partial charge in [-0.15, -0.1) is 0 Å². The number of aryl methyl sites for hydroxylation is 1. The first-order chi connectivity index (χ1) is 9.47. The monoisotopic (exact) mass is 271 g/mol. The van der Waals surface area contributed by atoms with Crippen LogP contribution < -0.4 is 5.32 Å². The van der Waals surface area contributed by atoms with Crippen LogP contribution in [0.15, 0.2) is 30.5 Å². The Morgan fingerprint density at radius 1 is 1.20 bits per heavy atom. The van der Waals surface area contributed by atoms with Gasteiger partial charge in [0.1, 0.15) is 0 Å². The summed E-state index contributed by atoms with van der Waals surface area (Å²) in [5, 5.41) is 8.05. The van der Waals surface area contributed by atoms with Crippen LogP contribution >= 0.6 is 0 Å². The van der Waals surface area contributed by atoms with Crippen molar-refractivity contribution in [3.63, 3.8) is 0 Å². The van der Waals surface area contributed by atoms with Gasteiger partial charge >= 0.3 is 0 Å². The molecule has 1 aromatic carbocycles. The number of nitrogens with one attached hydrogen (secondary N) is 1. The lowest BCUT2D eigenvalue weighted by Gasteiger charge is -2.09. The first kappa shape index (κ1) is 14.8. The van der Waals surface area contributed by atoms with Crippen molar-refractivity contribution in [2.45, 2.75) is 53.2 Å². The molecule has 1 aromatic heterocycles. The fourth-order valence-electron chi connectivity index (χ4n) is 2.20. The summed E-state index contributed by atoms with van der Waals surface area (Å²) < 4.78 is 2.03. The molecule has 0 saturated carbocycles. The van der Waals surface area contributed by atoms with E-state index in [-0.39, 0.29) is 0 Å². The van der Waals surface area contributed by atoms with Gasteiger partial charge in [0.05, 0.1) is 5.69 Å². The van der Waals surface area contributed by atoms with Crippen LogP contribution in [0.4, 0.5) is 0 Å². The number of hydrogen-bond donors (Lipinski definition) is 1. The van der Waals surface area contributed by atoms with E-state index in [9.17, 15) is 0 Å². The van der Waals surface area contributed by atoms with Crippen molar-refractivity contribution in [1.29, 1.82) is 0 Å². The Morgan fingerprint density at radius 3 is 2.55 bits per heavy atom. The van der Waals surface area contributed by atoms with E-state index in [1.54, 1.807) is 0 Å². The molecule has 1 N–H and O–H groups in total. The summed E-state index contributed by atoms with van der Waals surface area (Å²) in [6, 6.07) is 9.61. The Bertz CT molecular complexity index is 567. The fraction of sp³-hybridized carbons (Fsp3) is 0.471. The summed E-state index contributed by atoms with van der Waals surface area (Å²) in [4.78, 5) is 0. The van der Waals surface area contributed by atoms with E-state index in [0.29, 0.717) is 12.1 Å². The van der Waals surface area contributed by atoms with Gasteiger partial charge < -0.3 is 5.32 Å². The second-order valence-corrected chi connectivity index (χ2v) is 5.94. The van der Waals surface area contributed by atoms with Gasteiger partial charge in [0, 0.05) is 30.4 Å². The Balaban J connectivity index is 2.26. The van der Waals surface area contributed by atoms with Gasteiger partial charge in [-0.1, -0.05) is 32.0 Å². The molecule has 0 unspecified atom stereocenters. The average Bonchev–Trinajstić information content (AvgIpc) is 2.79. The molecular weight excluding hydrogens is 246 g/mol. The van der Waals surface area contributed by atoms with Crippen molar-refractivity contribution in [3.8, 4) is 11.1 Å². The minimum Gasteiger partial charge on any atom is -0.310 e. The summed E-state index contributed by atoms with van der Waals surface area (Å²) >= 11 is 0. The molecule has 2 rings (SSSR count). The molecule has 0 saturated heterocycles. The lowest BCUT2D eigenvalue weighted by molar-refractivity contribution is 0.529. The van der Waals surface area contributed by atoms with Crippen molar-refractivity contribution in [2.24, 2.45) is 0 Å². The molecule has 0 aliphatic rings. The quantitative estimate of drug-likeness (QED) is 0.892. The molecule has 0 aliphatic carbocycles. The van der Waals surface area contributed by atoms with Gasteiger partial charge in [-0.25, -0.2) is 0 Å². The maximum Gasteiger partial charge on any atom is 0.0672 e. The van der Waals surface area contributed by atoms with Crippen LogP contribution in [0.1, 0.15) is 45.0 Å². The molecule has 0 aliphatic heterocycles. The Hall–Kier alpha value is -1.61. The molecule has 1 heterocycles. The van der Waals surface area contributed by atoms with Gasteiger partial charge in [-0.2, -0.15) is 5.10 Å². The van der Waals surface area contributed by atoms with Crippen molar-refractivity contribution in [1.82, 2.24) is 15.1 Å². The second-order valence-electron chi connectivity index (χ2n) is 5.94. The summed E-state index contributed by atoms with van der Waals surface area (Å²) in [5.41, 5.74) is 4.88. The van der Waals surface area contributed by atoms with E-state index in [1.807, 2.05) is 4.68 Å². The van der Waals surface area contributed by atoms with Gasteiger partial charge in [0.25, 0.3) is 0 Å². The third-order valence-corrected chi connectivity index (χ3v) is 3.40. The number of hydrogen-bond acceptors (Lipinski definition) is 2. The zero-order valence-electron chi connectivity index (χ0n) is 13.1. The number of nitrogens with zero attached hydrogens (tertiary/aromatic N) is 2. The molecule has 108 valence electrons. The highest BCUT2D eigenvalue weighted by molar-refractivity contribution is 5.65. The van der Waals surface area contributed by atoms with E-state index in [2.05, 4.69) is 75.5 Å². The standard InChI is InChI=1S/C17H25N3/c1-12(2)18-10-15-7-6-8-16(9-15)17-11-20(13(3)4)19-14(17)5/h6-9,11-13,18H,10H2,1-5H3. The zero-order chi connectivity index (χ0) is 14.7. The fourth-order valence-corrected chi connectivity index (χ4v) is 2.20. The minimum atomic E-state index is 0.397. The van der Waals surface area contributed by atoms with E-state index in [4.69, 9.17) is 0 Å². The summed E-state index contributed by atoms with van der Waals surface area (Å²) in [6.07, 6.45) is 2.15. The van der Waals surface area contributed by atoms with Gasteiger partial charge in [-0.3, -0.25) is 4.68 Å². The van der Waals surface area contributed by atoms with Crippen molar-refractivity contribution in [2.75, 3.05) is 0 Å². The third-order valence-electron chi connectivity index (χ3n) is 3.40. The highest BCUT2D eigenvalue weighted by atomic mass is 15.3. The number of aromatic nitrogens is 2. The first-order valence-electron chi connectivity index (χ1n) is 7.36. The Morgan fingerprint density at radius 2 is 1.95 bits per heavy atom. The molecule has 0 amide bonds. The highest BCUT2D eigenvalue weighted by Crippen LogP contribution is 2.24. The molecular formula is C17H25N3. The van der Waals surface area contributed by atoms with E-state index >= 15 is 0 Å². The topological polar surface area (TPSA) is 29.9 Å². The molecule has 0 radical (unpaired) electrons. The summed E-state index contributed by atoms with van der Waals surface area (Å²) in [5.74, 6) is 0. The van der Waals surface area contributed by atoms with Crippen LogP contribution in [0.5, 0.6) is 0 Å². The first-order valence-corrected chi connectivity index (χ1v) is 7.36. The average molecular weight is 271 g/mol. The van der Waals surface area contributed by atoms with Crippen LogP contribution in [-0.4, -0.2) is 15.8 Å². The molecule has 3 heteroatoms. The lowest BCUT2D eigenvalue weighted by atomic mass is 10.0. The predicted octanol–water partition coefficient (Wildman–Crippen LogP) is 3.94. The van der Waals surface area contributed by atoms with Crippen LogP contribution in [0.3, 0.4) is 0 Å². The molecule has 3 nitrogen and oxygen atoms in total. The number of rotatable bonds is 5. The van der Waals surface area contributed by atoms with Gasteiger partial charge in [0.2, 0.25) is 0 Å². The molecule has 20 heavy (non-hydrogen) atoms. The normalized spacial score (nSPS) is 11.6. The molecule has 0 spiro atoms. The second kappa shape index (κ2) is 6.23. The van der Waals surface area contributed by atoms with Crippen molar-refractivity contribution in [3.05, 3.63) is 41.7 Å². The maximum atomic E-state index is 4.59. The SMILES string of the molecule is Cc1nn(C(C)C)cc1-c1cccc(CNC(C)C)c1. The Labute approximate surface area is 122 Å². The van der Waals surface area contributed by atoms with Crippen LogP contribution in [0, 0.1) is 6.92 Å². The summed E-state index contributed by atoms with van der Waals surface area (Å²) in [7, 11) is 0. The number of benzene rings is 1. The predicted molar refractivity (Wildman–Crippen MR) is 84.8 cm³/mol.